The predicted octanol–water partition coefficient (Wildman–Crippen LogP) is 4.58. The van der Waals surface area contributed by atoms with Gasteiger partial charge in [-0.25, -0.2) is 0 Å². The summed E-state index contributed by atoms with van der Waals surface area (Å²) in [6, 6.07) is 11.3. The standard InChI is InChI=1S/C19H25N/c1-18(2,3)14-8-7-9-16-13(14)10-11-17-15(12-20(16)17)19(4,5)6/h7-12,15H,1-6H3. The first-order valence-electron chi connectivity index (χ1n) is 7.52. The first-order valence-corrected chi connectivity index (χ1v) is 7.52. The van der Waals surface area contributed by atoms with Crippen molar-refractivity contribution in [2.24, 2.45) is 5.41 Å². The number of pyridine rings is 1. The highest BCUT2D eigenvalue weighted by molar-refractivity contribution is 5.81. The summed E-state index contributed by atoms with van der Waals surface area (Å²) in [6.07, 6.45) is 0. The second kappa shape index (κ2) is 4.00. The maximum Gasteiger partial charge on any atom is 0.112 e. The van der Waals surface area contributed by atoms with E-state index in [2.05, 4.69) is 83.0 Å². The topological polar surface area (TPSA) is 3.88 Å². The highest BCUT2D eigenvalue weighted by atomic mass is 15.1. The van der Waals surface area contributed by atoms with Crippen molar-refractivity contribution >= 4 is 10.9 Å². The lowest BCUT2D eigenvalue weighted by molar-refractivity contribution is -0.659. The van der Waals surface area contributed by atoms with Crippen molar-refractivity contribution in [1.82, 2.24) is 0 Å². The minimum Gasteiger partial charge on any atom is -0.328 e. The Kier molecular flexibility index (Phi) is 2.70. The summed E-state index contributed by atoms with van der Waals surface area (Å²) in [5.74, 6) is 0.560. The molecule has 1 heteroatoms. The third kappa shape index (κ3) is 1.91. The van der Waals surface area contributed by atoms with Crippen LogP contribution in [0.15, 0.2) is 30.3 Å². The fourth-order valence-corrected chi connectivity index (χ4v) is 3.21. The van der Waals surface area contributed by atoms with Gasteiger partial charge < -0.3 is 4.57 Å². The SMILES string of the molecule is CC(C)(C)c1cccc2c1ccc1[n+]2[CH-]C1C(C)(C)C. The fourth-order valence-electron chi connectivity index (χ4n) is 3.21. The Bertz CT molecular complexity index is 668. The molecule has 2 aromatic rings. The van der Waals surface area contributed by atoms with Gasteiger partial charge in [-0.15, -0.1) is 0 Å². The summed E-state index contributed by atoms with van der Waals surface area (Å²) in [5, 5.41) is 1.38. The summed E-state index contributed by atoms with van der Waals surface area (Å²) < 4.78 is 2.38. The second-order valence-corrected chi connectivity index (χ2v) is 8.11. The van der Waals surface area contributed by atoms with Gasteiger partial charge in [0.05, 0.1) is 5.69 Å². The van der Waals surface area contributed by atoms with Crippen LogP contribution in [0.4, 0.5) is 0 Å². The van der Waals surface area contributed by atoms with Gasteiger partial charge in [0.15, 0.2) is 0 Å². The molecule has 1 atom stereocenters. The van der Waals surface area contributed by atoms with E-state index < -0.39 is 0 Å². The molecule has 2 heterocycles. The van der Waals surface area contributed by atoms with Crippen LogP contribution in [-0.2, 0) is 5.41 Å². The average molecular weight is 267 g/mol. The van der Waals surface area contributed by atoms with E-state index in [1.54, 1.807) is 0 Å². The lowest BCUT2D eigenvalue weighted by atomic mass is 9.74. The lowest BCUT2D eigenvalue weighted by Crippen LogP contribution is -2.54. The van der Waals surface area contributed by atoms with Crippen LogP contribution in [0.3, 0.4) is 0 Å². The van der Waals surface area contributed by atoms with E-state index >= 15 is 0 Å². The van der Waals surface area contributed by atoms with Gasteiger partial charge in [-0.2, -0.15) is 0 Å². The molecule has 20 heavy (non-hydrogen) atoms. The molecule has 0 bridgehead atoms. The van der Waals surface area contributed by atoms with Crippen LogP contribution < -0.4 is 4.57 Å². The highest BCUT2D eigenvalue weighted by Gasteiger charge is 2.37. The van der Waals surface area contributed by atoms with Crippen LogP contribution in [0, 0.1) is 12.0 Å². The molecule has 1 aliphatic heterocycles. The molecule has 0 amide bonds. The molecule has 0 fully saturated rings. The molecule has 0 N–H and O–H groups in total. The van der Waals surface area contributed by atoms with Gasteiger partial charge in [-0.05, 0) is 27.8 Å². The Hall–Kier alpha value is -1.50. The summed E-state index contributed by atoms with van der Waals surface area (Å²) in [5.41, 5.74) is 4.70. The third-order valence-electron chi connectivity index (χ3n) is 4.40. The summed E-state index contributed by atoms with van der Waals surface area (Å²) in [4.78, 5) is 0. The van der Waals surface area contributed by atoms with Crippen LogP contribution in [0.1, 0.15) is 58.7 Å². The number of fused-ring (bicyclic) bond motifs is 3. The number of hydrogen-bond acceptors (Lipinski definition) is 0. The van der Waals surface area contributed by atoms with Crippen LogP contribution in [0.25, 0.3) is 10.9 Å². The number of hydrogen-bond donors (Lipinski definition) is 0. The van der Waals surface area contributed by atoms with Gasteiger partial charge in [0.1, 0.15) is 5.52 Å². The lowest BCUT2D eigenvalue weighted by Gasteiger charge is -2.41. The molecule has 0 spiro atoms. The Morgan fingerprint density at radius 2 is 1.65 bits per heavy atom. The zero-order valence-electron chi connectivity index (χ0n) is 13.5. The Morgan fingerprint density at radius 1 is 0.950 bits per heavy atom. The first kappa shape index (κ1) is 13.5. The van der Waals surface area contributed by atoms with Crippen molar-refractivity contribution in [3.8, 4) is 0 Å². The molecule has 1 aromatic heterocycles. The molecule has 1 unspecified atom stereocenters. The number of benzene rings is 1. The Balaban J connectivity index is 2.19. The van der Waals surface area contributed by atoms with Gasteiger partial charge in [0, 0.05) is 12.5 Å². The van der Waals surface area contributed by atoms with Crippen molar-refractivity contribution in [2.45, 2.75) is 52.9 Å². The summed E-state index contributed by atoms with van der Waals surface area (Å²) in [7, 11) is 0. The zero-order valence-corrected chi connectivity index (χ0v) is 13.5. The Morgan fingerprint density at radius 3 is 2.25 bits per heavy atom. The molecule has 0 radical (unpaired) electrons. The smallest absolute Gasteiger partial charge is 0.112 e. The fraction of sp³-hybridized carbons (Fsp3) is 0.474. The van der Waals surface area contributed by atoms with Gasteiger partial charge in [-0.1, -0.05) is 65.8 Å². The van der Waals surface area contributed by atoms with E-state index in [1.807, 2.05) is 0 Å². The van der Waals surface area contributed by atoms with Gasteiger partial charge in [-0.3, -0.25) is 0 Å². The van der Waals surface area contributed by atoms with Crippen molar-refractivity contribution in [2.75, 3.05) is 0 Å². The molecule has 0 aliphatic carbocycles. The maximum atomic E-state index is 2.38. The van der Waals surface area contributed by atoms with Crippen LogP contribution in [0.5, 0.6) is 0 Å². The van der Waals surface area contributed by atoms with Crippen LogP contribution in [-0.4, -0.2) is 0 Å². The van der Waals surface area contributed by atoms with E-state index in [9.17, 15) is 0 Å². The molecule has 1 aliphatic rings. The molecule has 106 valence electrons. The normalized spacial score (nSPS) is 18.4. The van der Waals surface area contributed by atoms with Gasteiger partial charge in [0.25, 0.3) is 0 Å². The molecular weight excluding hydrogens is 242 g/mol. The molecule has 0 saturated heterocycles. The molecule has 1 nitrogen and oxygen atoms in total. The predicted molar refractivity (Wildman–Crippen MR) is 84.7 cm³/mol. The maximum absolute atomic E-state index is 2.38. The first-order chi connectivity index (χ1) is 9.19. The molecule has 0 saturated carbocycles. The van der Waals surface area contributed by atoms with Crippen LogP contribution >= 0.6 is 0 Å². The van der Waals surface area contributed by atoms with Crippen molar-refractivity contribution in [3.63, 3.8) is 0 Å². The number of aromatic nitrogens is 1. The highest BCUT2D eigenvalue weighted by Crippen LogP contribution is 2.41. The van der Waals surface area contributed by atoms with Crippen molar-refractivity contribution < 1.29 is 4.57 Å². The Labute approximate surface area is 122 Å². The number of rotatable bonds is 0. The van der Waals surface area contributed by atoms with Crippen molar-refractivity contribution in [1.29, 1.82) is 0 Å². The van der Waals surface area contributed by atoms with Gasteiger partial charge >= 0.3 is 0 Å². The molecular formula is C19H25N. The van der Waals surface area contributed by atoms with Gasteiger partial charge in [0.2, 0.25) is 0 Å². The van der Waals surface area contributed by atoms with E-state index in [4.69, 9.17) is 0 Å². The second-order valence-electron chi connectivity index (χ2n) is 8.11. The minimum absolute atomic E-state index is 0.182. The quantitative estimate of drug-likeness (QED) is 0.486. The summed E-state index contributed by atoms with van der Waals surface area (Å²) in [6.45, 7) is 16.2. The average Bonchev–Trinajstić information content (AvgIpc) is 2.25. The number of nitrogens with zero attached hydrogens (tertiary/aromatic N) is 1. The monoisotopic (exact) mass is 267 g/mol. The summed E-state index contributed by atoms with van der Waals surface area (Å²) >= 11 is 0. The van der Waals surface area contributed by atoms with E-state index in [0.717, 1.165) is 0 Å². The van der Waals surface area contributed by atoms with E-state index in [-0.39, 0.29) is 5.41 Å². The minimum atomic E-state index is 0.182. The molecule has 3 rings (SSSR count). The van der Waals surface area contributed by atoms with Crippen molar-refractivity contribution in [3.05, 3.63) is 48.1 Å². The van der Waals surface area contributed by atoms with E-state index in [1.165, 1.54) is 22.2 Å². The van der Waals surface area contributed by atoms with Crippen LogP contribution in [0.2, 0.25) is 0 Å². The third-order valence-corrected chi connectivity index (χ3v) is 4.40. The molecule has 1 aromatic carbocycles. The largest absolute Gasteiger partial charge is 0.328 e. The van der Waals surface area contributed by atoms with E-state index in [0.29, 0.717) is 11.3 Å². The zero-order chi connectivity index (χ0) is 14.7.